The first-order valence-corrected chi connectivity index (χ1v) is 10.5. The van der Waals surface area contributed by atoms with E-state index in [-0.39, 0.29) is 17.7 Å². The van der Waals surface area contributed by atoms with Crippen LogP contribution in [0.3, 0.4) is 0 Å². The Kier molecular flexibility index (Phi) is 7.72. The maximum absolute atomic E-state index is 12.8. The van der Waals surface area contributed by atoms with Crippen LogP contribution in [0.5, 0.6) is 0 Å². The second-order valence-corrected chi connectivity index (χ2v) is 8.13. The zero-order valence-electron chi connectivity index (χ0n) is 17.0. The van der Waals surface area contributed by atoms with E-state index < -0.39 is 6.23 Å². The molecule has 0 bridgehead atoms. The first-order valence-electron chi connectivity index (χ1n) is 9.78. The number of hydrogen-bond donors (Lipinski definition) is 2. The van der Waals surface area contributed by atoms with E-state index in [1.54, 1.807) is 18.2 Å². The maximum Gasteiger partial charge on any atom is 0.229 e. The summed E-state index contributed by atoms with van der Waals surface area (Å²) in [5.41, 5.74) is 2.43. The molecule has 160 valence electrons. The number of anilines is 1. The lowest BCUT2D eigenvalue weighted by molar-refractivity contribution is -0.130. The van der Waals surface area contributed by atoms with Crippen molar-refractivity contribution >= 4 is 40.7 Å². The third kappa shape index (κ3) is 5.95. The van der Waals surface area contributed by atoms with Crippen LogP contribution in [-0.2, 0) is 20.9 Å². The zero-order valence-corrected chi connectivity index (χ0v) is 18.5. The highest BCUT2D eigenvalue weighted by Gasteiger charge is 2.25. The van der Waals surface area contributed by atoms with E-state index in [4.69, 9.17) is 27.9 Å². The van der Waals surface area contributed by atoms with Crippen molar-refractivity contribution < 1.29 is 14.3 Å². The van der Waals surface area contributed by atoms with E-state index in [0.717, 1.165) is 17.7 Å². The lowest BCUT2D eigenvalue weighted by atomic mass is 9.99. The standard InChI is InChI=1S/C22H25Cl2N3O3/c1-14(16-5-3-7-18(11-16)25-15(2)28)22(29)26-20-13-27(9-10-30-20)12-17-6-4-8-19(23)21(17)24/h3-8,11,14,20H,9-10,12-13H2,1-2H3,(H,25,28)(H,26,29). The number of nitrogens with one attached hydrogen (secondary N) is 2. The Morgan fingerprint density at radius 3 is 2.77 bits per heavy atom. The lowest BCUT2D eigenvalue weighted by Crippen LogP contribution is -2.51. The van der Waals surface area contributed by atoms with Crippen molar-refractivity contribution in [3.05, 3.63) is 63.6 Å². The van der Waals surface area contributed by atoms with Crippen LogP contribution in [0.15, 0.2) is 42.5 Å². The topological polar surface area (TPSA) is 70.7 Å². The molecular formula is C22H25Cl2N3O3. The summed E-state index contributed by atoms with van der Waals surface area (Å²) in [6.07, 6.45) is -0.412. The van der Waals surface area contributed by atoms with E-state index in [9.17, 15) is 9.59 Å². The Labute approximate surface area is 186 Å². The fraction of sp³-hybridized carbons (Fsp3) is 0.364. The zero-order chi connectivity index (χ0) is 21.7. The molecule has 2 N–H and O–H groups in total. The van der Waals surface area contributed by atoms with E-state index in [1.165, 1.54) is 6.92 Å². The second-order valence-electron chi connectivity index (χ2n) is 7.34. The summed E-state index contributed by atoms with van der Waals surface area (Å²) in [7, 11) is 0. The summed E-state index contributed by atoms with van der Waals surface area (Å²) in [5.74, 6) is -0.678. The normalized spacial score (nSPS) is 17.9. The molecule has 30 heavy (non-hydrogen) atoms. The number of benzene rings is 2. The van der Waals surface area contributed by atoms with Gasteiger partial charge in [-0.15, -0.1) is 0 Å². The van der Waals surface area contributed by atoms with Crippen molar-refractivity contribution in [2.75, 3.05) is 25.0 Å². The number of morpholine rings is 1. The number of amides is 2. The Bertz CT molecular complexity index is 922. The van der Waals surface area contributed by atoms with Gasteiger partial charge in [0.05, 0.1) is 22.6 Å². The Hall–Kier alpha value is -2.12. The molecule has 6 nitrogen and oxygen atoms in total. The van der Waals surface area contributed by atoms with Crippen LogP contribution >= 0.6 is 23.2 Å². The van der Waals surface area contributed by atoms with Crippen LogP contribution < -0.4 is 10.6 Å². The molecule has 1 heterocycles. The van der Waals surface area contributed by atoms with Gasteiger partial charge in [0, 0.05) is 32.2 Å². The molecule has 0 radical (unpaired) electrons. The average molecular weight is 450 g/mol. The summed E-state index contributed by atoms with van der Waals surface area (Å²) >= 11 is 12.4. The van der Waals surface area contributed by atoms with Gasteiger partial charge >= 0.3 is 0 Å². The quantitative estimate of drug-likeness (QED) is 0.698. The van der Waals surface area contributed by atoms with Gasteiger partial charge in [0.2, 0.25) is 11.8 Å². The predicted molar refractivity (Wildman–Crippen MR) is 119 cm³/mol. The predicted octanol–water partition coefficient (Wildman–Crippen LogP) is 4.03. The second kappa shape index (κ2) is 10.3. The van der Waals surface area contributed by atoms with Gasteiger partial charge in [-0.2, -0.15) is 0 Å². The summed E-state index contributed by atoms with van der Waals surface area (Å²) in [6, 6.07) is 12.9. The van der Waals surface area contributed by atoms with Gasteiger partial charge in [-0.25, -0.2) is 0 Å². The summed E-state index contributed by atoms with van der Waals surface area (Å²) in [5, 5.41) is 6.79. The van der Waals surface area contributed by atoms with Crippen molar-refractivity contribution in [3.8, 4) is 0 Å². The molecule has 1 aliphatic heterocycles. The molecule has 2 atom stereocenters. The van der Waals surface area contributed by atoms with Crippen LogP contribution in [0, 0.1) is 0 Å². The number of nitrogens with zero attached hydrogens (tertiary/aromatic N) is 1. The van der Waals surface area contributed by atoms with Gasteiger partial charge < -0.3 is 15.4 Å². The molecule has 3 rings (SSSR count). The number of rotatable bonds is 6. The number of carbonyl (C=O) groups excluding carboxylic acids is 2. The lowest BCUT2D eigenvalue weighted by Gasteiger charge is -2.34. The summed E-state index contributed by atoms with van der Waals surface area (Å²) in [4.78, 5) is 26.2. The highest BCUT2D eigenvalue weighted by atomic mass is 35.5. The highest BCUT2D eigenvalue weighted by Crippen LogP contribution is 2.27. The third-order valence-corrected chi connectivity index (χ3v) is 5.84. The van der Waals surface area contributed by atoms with Crippen molar-refractivity contribution in [1.29, 1.82) is 0 Å². The van der Waals surface area contributed by atoms with Crippen LogP contribution in [0.25, 0.3) is 0 Å². The minimum Gasteiger partial charge on any atom is -0.356 e. The molecule has 2 unspecified atom stereocenters. The third-order valence-electron chi connectivity index (χ3n) is 4.98. The van der Waals surface area contributed by atoms with Crippen molar-refractivity contribution in [3.63, 3.8) is 0 Å². The number of hydrogen-bond acceptors (Lipinski definition) is 4. The average Bonchev–Trinajstić information content (AvgIpc) is 2.71. The molecule has 1 fully saturated rings. The molecule has 2 aromatic carbocycles. The number of halogens is 2. The monoisotopic (exact) mass is 449 g/mol. The largest absolute Gasteiger partial charge is 0.356 e. The minimum atomic E-state index is -0.412. The van der Waals surface area contributed by atoms with Gasteiger partial charge in [0.15, 0.2) is 0 Å². The van der Waals surface area contributed by atoms with Gasteiger partial charge in [-0.1, -0.05) is 47.5 Å². The van der Waals surface area contributed by atoms with Crippen molar-refractivity contribution in [2.45, 2.75) is 32.5 Å². The fourth-order valence-electron chi connectivity index (χ4n) is 3.37. The van der Waals surface area contributed by atoms with E-state index >= 15 is 0 Å². The molecule has 2 aromatic rings. The van der Waals surface area contributed by atoms with Gasteiger partial charge in [-0.05, 0) is 36.2 Å². The Balaban J connectivity index is 1.59. The smallest absolute Gasteiger partial charge is 0.229 e. The fourth-order valence-corrected chi connectivity index (χ4v) is 3.75. The van der Waals surface area contributed by atoms with Crippen LogP contribution in [-0.4, -0.2) is 42.6 Å². The highest BCUT2D eigenvalue weighted by molar-refractivity contribution is 6.42. The van der Waals surface area contributed by atoms with Crippen LogP contribution in [0.4, 0.5) is 5.69 Å². The van der Waals surface area contributed by atoms with Crippen LogP contribution in [0.1, 0.15) is 30.9 Å². The van der Waals surface area contributed by atoms with Gasteiger partial charge in [-0.3, -0.25) is 14.5 Å². The maximum atomic E-state index is 12.8. The first-order chi connectivity index (χ1) is 14.3. The molecule has 1 aliphatic rings. The van der Waals surface area contributed by atoms with Crippen molar-refractivity contribution in [2.24, 2.45) is 0 Å². The summed E-state index contributed by atoms with van der Waals surface area (Å²) in [6.45, 7) is 5.70. The minimum absolute atomic E-state index is 0.136. The van der Waals surface area contributed by atoms with E-state index in [0.29, 0.717) is 35.4 Å². The molecule has 0 saturated carbocycles. The number of ether oxygens (including phenoxy) is 1. The Morgan fingerprint density at radius 1 is 1.23 bits per heavy atom. The SMILES string of the molecule is CC(=O)Nc1cccc(C(C)C(=O)NC2CN(Cc3cccc(Cl)c3Cl)CCO2)c1. The molecule has 1 saturated heterocycles. The molecule has 0 spiro atoms. The molecular weight excluding hydrogens is 425 g/mol. The Morgan fingerprint density at radius 2 is 2.00 bits per heavy atom. The van der Waals surface area contributed by atoms with Crippen molar-refractivity contribution in [1.82, 2.24) is 10.2 Å². The summed E-state index contributed by atoms with van der Waals surface area (Å²) < 4.78 is 5.74. The molecule has 0 aliphatic carbocycles. The molecule has 8 heteroatoms. The first kappa shape index (κ1) is 22.6. The van der Waals surface area contributed by atoms with Gasteiger partial charge in [0.1, 0.15) is 6.23 Å². The van der Waals surface area contributed by atoms with E-state index in [2.05, 4.69) is 15.5 Å². The number of carbonyl (C=O) groups is 2. The van der Waals surface area contributed by atoms with Gasteiger partial charge in [0.25, 0.3) is 0 Å². The molecule has 2 amide bonds. The van der Waals surface area contributed by atoms with Crippen LogP contribution in [0.2, 0.25) is 10.0 Å². The molecule has 0 aromatic heterocycles. The van der Waals surface area contributed by atoms with E-state index in [1.807, 2.05) is 31.2 Å².